The van der Waals surface area contributed by atoms with Gasteiger partial charge in [-0.05, 0) is 44.2 Å². The zero-order valence-corrected chi connectivity index (χ0v) is 36.1. The summed E-state index contributed by atoms with van der Waals surface area (Å²) in [6.07, 6.45) is -11.1. The Morgan fingerprint density at radius 3 is 2.14 bits per heavy atom. The second kappa shape index (κ2) is 23.2. The van der Waals surface area contributed by atoms with Gasteiger partial charge in [-0.25, -0.2) is 0 Å². The van der Waals surface area contributed by atoms with Crippen molar-refractivity contribution in [3.05, 3.63) is 36.0 Å². The first-order chi connectivity index (χ1) is 30.9. The molecule has 360 valence electrons. The SMILES string of the molecule is CC(=O)N[C@H]1C(O)O[C@H](CO)[C@@H](OC2O[C@H](CO)C(O)[C@H](O)[C@H]2NC(C)=O)[C@@H]1OC(C)C(=O)NCCCC[C@@H]1NC(=O)[C@H](CCC(=O)N[C@@H](Cc2c[nH]c3ccccc23)C(N)=O)NC1=O. The summed E-state index contributed by atoms with van der Waals surface area (Å²) in [5.41, 5.74) is 7.23. The van der Waals surface area contributed by atoms with E-state index in [1.165, 1.54) is 6.92 Å². The van der Waals surface area contributed by atoms with Crippen LogP contribution in [0.4, 0.5) is 0 Å². The van der Waals surface area contributed by atoms with Crippen molar-refractivity contribution in [2.24, 2.45) is 5.73 Å². The number of nitrogens with one attached hydrogen (secondary N) is 7. The van der Waals surface area contributed by atoms with Gasteiger partial charge in [-0.2, -0.15) is 0 Å². The molecule has 4 heterocycles. The summed E-state index contributed by atoms with van der Waals surface area (Å²) in [5.74, 6) is -4.12. The minimum absolute atomic E-state index is 0.0314. The molecule has 24 nitrogen and oxygen atoms in total. The predicted octanol–water partition coefficient (Wildman–Crippen LogP) is -4.95. The molecule has 0 aliphatic carbocycles. The molecule has 0 bridgehead atoms. The molecule has 1 aromatic carbocycles. The van der Waals surface area contributed by atoms with Crippen LogP contribution in [0, 0.1) is 0 Å². The number of carbonyl (C=O) groups excluding carboxylic acids is 7. The van der Waals surface area contributed by atoms with Crippen LogP contribution in [0.5, 0.6) is 0 Å². The molecule has 0 spiro atoms. The molecule has 0 saturated carbocycles. The molecular formula is C41H60N8O16. The minimum Gasteiger partial charge on any atom is -0.394 e. The number of nitrogens with two attached hydrogens (primary N) is 1. The van der Waals surface area contributed by atoms with Gasteiger partial charge in [0.15, 0.2) is 12.6 Å². The molecule has 14 atom stereocenters. The largest absolute Gasteiger partial charge is 0.394 e. The highest BCUT2D eigenvalue weighted by Crippen LogP contribution is 2.31. The average molecular weight is 921 g/mol. The molecular weight excluding hydrogens is 860 g/mol. The van der Waals surface area contributed by atoms with E-state index in [1.54, 1.807) is 6.20 Å². The van der Waals surface area contributed by atoms with Crippen molar-refractivity contribution in [2.75, 3.05) is 19.8 Å². The zero-order valence-electron chi connectivity index (χ0n) is 36.1. The van der Waals surface area contributed by atoms with Crippen LogP contribution in [0.15, 0.2) is 30.5 Å². The Balaban J connectivity index is 1.10. The number of aromatic nitrogens is 1. The van der Waals surface area contributed by atoms with E-state index in [1.807, 2.05) is 24.3 Å². The van der Waals surface area contributed by atoms with Crippen molar-refractivity contribution in [3.8, 4) is 0 Å². The number of carbonyl (C=O) groups is 7. The number of aromatic amines is 1. The number of hydrogen-bond acceptors (Lipinski definition) is 16. The molecule has 3 saturated heterocycles. The Kier molecular flexibility index (Phi) is 18.1. The lowest BCUT2D eigenvalue weighted by molar-refractivity contribution is -0.333. The van der Waals surface area contributed by atoms with E-state index in [9.17, 15) is 59.1 Å². The van der Waals surface area contributed by atoms with E-state index < -0.39 is 140 Å². The van der Waals surface area contributed by atoms with Crippen molar-refractivity contribution >= 4 is 52.3 Å². The maximum absolute atomic E-state index is 13.3. The number of amides is 7. The van der Waals surface area contributed by atoms with Gasteiger partial charge in [0.25, 0.3) is 0 Å². The normalized spacial score (nSPS) is 30.0. The van der Waals surface area contributed by atoms with Crippen molar-refractivity contribution in [2.45, 2.75) is 145 Å². The van der Waals surface area contributed by atoms with Crippen LogP contribution in [0.1, 0.15) is 58.4 Å². The lowest BCUT2D eigenvalue weighted by Gasteiger charge is -2.48. The molecule has 24 heteroatoms. The summed E-state index contributed by atoms with van der Waals surface area (Å²) in [4.78, 5) is 91.4. The summed E-state index contributed by atoms with van der Waals surface area (Å²) in [6, 6.07) is 1.79. The third kappa shape index (κ3) is 13.2. The first kappa shape index (κ1) is 50.7. The molecule has 4 unspecified atom stereocenters. The maximum atomic E-state index is 13.3. The van der Waals surface area contributed by atoms with E-state index in [4.69, 9.17) is 24.7 Å². The van der Waals surface area contributed by atoms with Gasteiger partial charge < -0.3 is 87.1 Å². The summed E-state index contributed by atoms with van der Waals surface area (Å²) in [5, 5.41) is 68.5. The predicted molar refractivity (Wildman–Crippen MR) is 223 cm³/mol. The van der Waals surface area contributed by atoms with Gasteiger partial charge in [-0.1, -0.05) is 18.2 Å². The summed E-state index contributed by atoms with van der Waals surface area (Å²) < 4.78 is 23.4. The number of fused-ring (bicyclic) bond motifs is 1. The van der Waals surface area contributed by atoms with Gasteiger partial charge in [0.2, 0.25) is 41.4 Å². The van der Waals surface area contributed by atoms with Crippen LogP contribution >= 0.6 is 0 Å². The fourth-order valence-electron chi connectivity index (χ4n) is 8.02. The highest BCUT2D eigenvalue weighted by Gasteiger charge is 2.53. The Labute approximate surface area is 373 Å². The average Bonchev–Trinajstić information content (AvgIpc) is 3.67. The Hall–Kier alpha value is -5.31. The zero-order chi connectivity index (χ0) is 47.5. The van der Waals surface area contributed by atoms with E-state index >= 15 is 0 Å². The van der Waals surface area contributed by atoms with Gasteiger partial charge in [-0.15, -0.1) is 0 Å². The molecule has 65 heavy (non-hydrogen) atoms. The second-order valence-corrected chi connectivity index (χ2v) is 16.3. The van der Waals surface area contributed by atoms with Crippen LogP contribution in [0.3, 0.4) is 0 Å². The van der Waals surface area contributed by atoms with Crippen LogP contribution < -0.4 is 37.6 Å². The highest BCUT2D eigenvalue weighted by molar-refractivity contribution is 5.97. The number of ether oxygens (including phenoxy) is 4. The van der Waals surface area contributed by atoms with Crippen LogP contribution in [-0.4, -0.2) is 177 Å². The lowest BCUT2D eigenvalue weighted by Crippen LogP contribution is -2.69. The van der Waals surface area contributed by atoms with E-state index in [0.29, 0.717) is 12.8 Å². The van der Waals surface area contributed by atoms with Gasteiger partial charge in [-0.3, -0.25) is 33.6 Å². The number of rotatable bonds is 21. The fraction of sp³-hybridized carbons (Fsp3) is 0.634. The quantitative estimate of drug-likeness (QED) is 0.0522. The van der Waals surface area contributed by atoms with Crippen LogP contribution in [-0.2, 0) is 58.9 Å². The highest BCUT2D eigenvalue weighted by atomic mass is 16.7. The molecule has 7 amide bonds. The third-order valence-corrected chi connectivity index (χ3v) is 11.4. The van der Waals surface area contributed by atoms with Crippen molar-refractivity contribution in [1.82, 2.24) is 36.9 Å². The van der Waals surface area contributed by atoms with Crippen molar-refractivity contribution < 1.29 is 78.0 Å². The first-order valence-corrected chi connectivity index (χ1v) is 21.4. The third-order valence-electron chi connectivity index (χ3n) is 11.4. The molecule has 3 fully saturated rings. The van der Waals surface area contributed by atoms with Gasteiger partial charge in [0, 0.05) is 50.3 Å². The van der Waals surface area contributed by atoms with E-state index in [-0.39, 0.29) is 32.2 Å². The molecule has 2 aromatic rings. The first-order valence-electron chi connectivity index (χ1n) is 21.4. The number of H-pyrrole nitrogens is 1. The molecule has 0 radical (unpaired) electrons. The number of unbranched alkanes of at least 4 members (excludes halogenated alkanes) is 1. The second-order valence-electron chi connectivity index (χ2n) is 16.3. The van der Waals surface area contributed by atoms with Gasteiger partial charge in [0.1, 0.15) is 72.9 Å². The number of primary amides is 1. The number of aliphatic hydroxyl groups excluding tert-OH is 5. The van der Waals surface area contributed by atoms with E-state index in [2.05, 4.69) is 36.9 Å². The number of para-hydroxylation sites is 1. The maximum Gasteiger partial charge on any atom is 0.248 e. The summed E-state index contributed by atoms with van der Waals surface area (Å²) in [6.45, 7) is 2.20. The number of piperazine rings is 1. The Morgan fingerprint density at radius 2 is 1.49 bits per heavy atom. The van der Waals surface area contributed by atoms with E-state index in [0.717, 1.165) is 30.3 Å². The molecule has 14 N–H and O–H groups in total. The number of hydrogen-bond donors (Lipinski definition) is 13. The van der Waals surface area contributed by atoms with Crippen LogP contribution in [0.2, 0.25) is 0 Å². The number of aliphatic hydroxyl groups is 5. The van der Waals surface area contributed by atoms with Gasteiger partial charge in [0.05, 0.1) is 13.2 Å². The Morgan fingerprint density at radius 1 is 0.846 bits per heavy atom. The monoisotopic (exact) mass is 920 g/mol. The summed E-state index contributed by atoms with van der Waals surface area (Å²) >= 11 is 0. The van der Waals surface area contributed by atoms with Crippen LogP contribution in [0.25, 0.3) is 10.9 Å². The Bertz CT molecular complexity index is 2000. The molecule has 5 rings (SSSR count). The standard InChI is InChI=1S/C41H60N8O16/c1-18(62-35-31(46-20(3)53)40(61)63-28(17-51)34(35)65-41-30(45-19(2)52)33(56)32(55)27(16-50)64-41)37(58)43-13-7-6-10-24-38(59)49-25(39(60)48-24)11-12-29(54)47-26(36(42)57)14-21-15-44-23-9-5-4-8-22(21)23/h4-5,8-9,15,18,24-28,30-35,40-41,44,50-51,55-56,61H,6-7,10-14,16-17H2,1-3H3,(H2,42,57)(H,43,58)(H,45,52)(H,46,53)(H,47,54)(H,48,60)(H,49,59)/t18?,24-,25-,26-,27+,28+,30+,31+,32?,33+,34+,35+,40?,41?/m0/s1. The topological polar surface area (TPSA) is 372 Å². The molecule has 1 aromatic heterocycles. The molecule has 3 aliphatic heterocycles. The van der Waals surface area contributed by atoms with Crippen molar-refractivity contribution in [1.29, 1.82) is 0 Å². The lowest BCUT2D eigenvalue weighted by atomic mass is 9.94. The van der Waals surface area contributed by atoms with Crippen molar-refractivity contribution in [3.63, 3.8) is 0 Å². The fourth-order valence-corrected chi connectivity index (χ4v) is 8.02. The number of benzene rings is 1. The van der Waals surface area contributed by atoms with Gasteiger partial charge >= 0.3 is 0 Å². The molecule has 3 aliphatic rings. The smallest absolute Gasteiger partial charge is 0.248 e. The summed E-state index contributed by atoms with van der Waals surface area (Å²) in [7, 11) is 0. The minimum atomic E-state index is -1.78.